The van der Waals surface area contributed by atoms with Crippen molar-refractivity contribution in [1.82, 2.24) is 9.80 Å². The normalized spacial score (nSPS) is 18.6. The average Bonchev–Trinajstić information content (AvgIpc) is 3.38. The van der Waals surface area contributed by atoms with Crippen LogP contribution in [0, 0.1) is 5.92 Å². The van der Waals surface area contributed by atoms with Crippen molar-refractivity contribution in [3.8, 4) is 0 Å². The lowest BCUT2D eigenvalue weighted by molar-refractivity contribution is 0.0600. The van der Waals surface area contributed by atoms with E-state index in [4.69, 9.17) is 4.42 Å². The molecule has 0 atom stereocenters. The highest BCUT2D eigenvalue weighted by atomic mass is 32.2. The number of piperazine rings is 1. The smallest absolute Gasteiger partial charge is 0.289 e. The van der Waals surface area contributed by atoms with E-state index in [0.717, 1.165) is 25.6 Å². The van der Waals surface area contributed by atoms with Crippen LogP contribution in [-0.2, 0) is 15.6 Å². The van der Waals surface area contributed by atoms with Crippen LogP contribution in [0.1, 0.15) is 29.2 Å². The fourth-order valence-electron chi connectivity index (χ4n) is 3.42. The van der Waals surface area contributed by atoms with Crippen LogP contribution in [0.5, 0.6) is 0 Å². The van der Waals surface area contributed by atoms with Crippen LogP contribution in [0.4, 0.5) is 0 Å². The predicted molar refractivity (Wildman–Crippen MR) is 101 cm³/mol. The van der Waals surface area contributed by atoms with Gasteiger partial charge >= 0.3 is 0 Å². The molecule has 2 heterocycles. The molecule has 1 aromatic heterocycles. The van der Waals surface area contributed by atoms with E-state index >= 15 is 0 Å². The lowest BCUT2D eigenvalue weighted by Gasteiger charge is -2.34. The first-order valence-electron chi connectivity index (χ1n) is 9.39. The fraction of sp³-hybridized carbons (Fsp3) is 0.450. The molecule has 1 saturated carbocycles. The summed E-state index contributed by atoms with van der Waals surface area (Å²) in [6, 6.07) is 11.4. The lowest BCUT2D eigenvalue weighted by Crippen LogP contribution is -2.49. The quantitative estimate of drug-likeness (QED) is 0.760. The number of hydrogen-bond acceptors (Lipinski definition) is 5. The second-order valence-corrected chi connectivity index (χ2v) is 9.36. The molecular weight excluding hydrogens is 364 g/mol. The zero-order chi connectivity index (χ0) is 18.9. The van der Waals surface area contributed by atoms with E-state index in [-0.39, 0.29) is 28.1 Å². The SMILES string of the molecule is O=C(c1ccc(CS(=O)(=O)c2ccccc2)o1)N1CCN(CC2CC2)CC1. The molecule has 7 heteroatoms. The molecule has 0 radical (unpaired) electrons. The minimum Gasteiger partial charge on any atom is -0.455 e. The Hall–Kier alpha value is -2.12. The van der Waals surface area contributed by atoms with Gasteiger partial charge in [0.2, 0.25) is 0 Å². The van der Waals surface area contributed by atoms with Crippen LogP contribution < -0.4 is 0 Å². The largest absolute Gasteiger partial charge is 0.455 e. The number of nitrogens with zero attached hydrogens (tertiary/aromatic N) is 2. The van der Waals surface area contributed by atoms with E-state index < -0.39 is 9.84 Å². The van der Waals surface area contributed by atoms with Crippen molar-refractivity contribution < 1.29 is 17.6 Å². The number of furan rings is 1. The van der Waals surface area contributed by atoms with E-state index in [9.17, 15) is 13.2 Å². The number of carbonyl (C=O) groups is 1. The molecule has 27 heavy (non-hydrogen) atoms. The molecule has 2 aliphatic rings. The Morgan fingerprint density at radius 3 is 2.37 bits per heavy atom. The molecule has 1 aliphatic heterocycles. The van der Waals surface area contributed by atoms with Gasteiger partial charge in [0.05, 0.1) is 4.90 Å². The molecule has 144 valence electrons. The van der Waals surface area contributed by atoms with Gasteiger partial charge < -0.3 is 9.32 Å². The molecule has 0 spiro atoms. The van der Waals surface area contributed by atoms with Gasteiger partial charge in [0, 0.05) is 32.7 Å². The van der Waals surface area contributed by atoms with Crippen molar-refractivity contribution in [3.63, 3.8) is 0 Å². The molecule has 1 aliphatic carbocycles. The van der Waals surface area contributed by atoms with Gasteiger partial charge in [-0.25, -0.2) is 8.42 Å². The Morgan fingerprint density at radius 1 is 1.00 bits per heavy atom. The highest BCUT2D eigenvalue weighted by Crippen LogP contribution is 2.30. The summed E-state index contributed by atoms with van der Waals surface area (Å²) in [5.74, 6) is 0.939. The zero-order valence-corrected chi connectivity index (χ0v) is 16.0. The highest BCUT2D eigenvalue weighted by Gasteiger charge is 2.29. The van der Waals surface area contributed by atoms with Crippen molar-refractivity contribution in [2.24, 2.45) is 5.92 Å². The number of carbonyl (C=O) groups excluding carboxylic acids is 1. The van der Waals surface area contributed by atoms with Gasteiger partial charge in [-0.2, -0.15) is 0 Å². The van der Waals surface area contributed by atoms with Crippen LogP contribution in [0.25, 0.3) is 0 Å². The minimum atomic E-state index is -3.49. The summed E-state index contributed by atoms with van der Waals surface area (Å²) < 4.78 is 30.5. The summed E-state index contributed by atoms with van der Waals surface area (Å²) in [4.78, 5) is 17.1. The van der Waals surface area contributed by atoms with Crippen LogP contribution >= 0.6 is 0 Å². The highest BCUT2D eigenvalue weighted by molar-refractivity contribution is 7.90. The Bertz CT molecular complexity index is 895. The summed E-state index contributed by atoms with van der Waals surface area (Å²) in [7, 11) is -3.49. The maximum atomic E-state index is 12.7. The zero-order valence-electron chi connectivity index (χ0n) is 15.2. The number of hydrogen-bond donors (Lipinski definition) is 0. The maximum Gasteiger partial charge on any atom is 0.289 e. The number of benzene rings is 1. The summed E-state index contributed by atoms with van der Waals surface area (Å²) in [5.41, 5.74) is 0. The molecule has 1 aromatic carbocycles. The number of sulfone groups is 1. The molecule has 0 unspecified atom stereocenters. The van der Waals surface area contributed by atoms with E-state index in [0.29, 0.717) is 13.1 Å². The molecule has 0 N–H and O–H groups in total. The van der Waals surface area contributed by atoms with E-state index in [1.165, 1.54) is 12.8 Å². The summed E-state index contributed by atoms with van der Waals surface area (Å²) in [6.45, 7) is 4.29. The van der Waals surface area contributed by atoms with Crippen molar-refractivity contribution in [2.75, 3.05) is 32.7 Å². The topological polar surface area (TPSA) is 70.8 Å². The minimum absolute atomic E-state index is 0.163. The standard InChI is InChI=1S/C20H24N2O4S/c23-20(22-12-10-21(11-13-22)14-16-6-7-16)19-9-8-17(26-19)15-27(24,25)18-4-2-1-3-5-18/h1-5,8-9,16H,6-7,10-15H2. The van der Waals surface area contributed by atoms with Gasteiger partial charge in [-0.15, -0.1) is 0 Å². The van der Waals surface area contributed by atoms with Crippen LogP contribution in [-0.4, -0.2) is 56.8 Å². The van der Waals surface area contributed by atoms with Gasteiger partial charge in [0.15, 0.2) is 15.6 Å². The Balaban J connectivity index is 1.37. The monoisotopic (exact) mass is 388 g/mol. The van der Waals surface area contributed by atoms with Gasteiger partial charge in [-0.05, 0) is 43.0 Å². The lowest BCUT2D eigenvalue weighted by atomic mass is 10.2. The molecular formula is C20H24N2O4S. The molecule has 6 nitrogen and oxygen atoms in total. The molecule has 1 saturated heterocycles. The second-order valence-electron chi connectivity index (χ2n) is 7.37. The first kappa shape index (κ1) is 18.3. The first-order chi connectivity index (χ1) is 13.0. The molecule has 1 amide bonds. The second kappa shape index (κ2) is 7.48. The predicted octanol–water partition coefficient (Wildman–Crippen LogP) is 2.42. The molecule has 0 bridgehead atoms. The number of rotatable bonds is 6. The number of amides is 1. The van der Waals surface area contributed by atoms with Gasteiger partial charge in [-0.1, -0.05) is 18.2 Å². The summed E-state index contributed by atoms with van der Waals surface area (Å²) >= 11 is 0. The van der Waals surface area contributed by atoms with Crippen molar-refractivity contribution in [2.45, 2.75) is 23.5 Å². The maximum absolute atomic E-state index is 12.7. The molecule has 2 fully saturated rings. The average molecular weight is 388 g/mol. The third kappa shape index (κ3) is 4.42. The van der Waals surface area contributed by atoms with Gasteiger partial charge in [-0.3, -0.25) is 9.69 Å². The van der Waals surface area contributed by atoms with E-state index in [1.807, 2.05) is 0 Å². The molecule has 4 rings (SSSR count). The van der Waals surface area contributed by atoms with Crippen molar-refractivity contribution in [1.29, 1.82) is 0 Å². The van der Waals surface area contributed by atoms with Gasteiger partial charge in [0.25, 0.3) is 5.91 Å². The third-order valence-electron chi connectivity index (χ3n) is 5.18. The van der Waals surface area contributed by atoms with E-state index in [2.05, 4.69) is 4.90 Å². The van der Waals surface area contributed by atoms with Crippen LogP contribution in [0.15, 0.2) is 51.8 Å². The third-order valence-corrected chi connectivity index (χ3v) is 6.83. The molecule has 2 aromatic rings. The summed E-state index contributed by atoms with van der Waals surface area (Å²) in [6.07, 6.45) is 2.67. The Labute approximate surface area is 159 Å². The van der Waals surface area contributed by atoms with Crippen LogP contribution in [0.3, 0.4) is 0 Å². The first-order valence-corrected chi connectivity index (χ1v) is 11.0. The van der Waals surface area contributed by atoms with Crippen LogP contribution in [0.2, 0.25) is 0 Å². The van der Waals surface area contributed by atoms with E-state index in [1.54, 1.807) is 47.4 Å². The Kier molecular flexibility index (Phi) is 5.06. The fourth-order valence-corrected chi connectivity index (χ4v) is 4.69. The Morgan fingerprint density at radius 2 is 1.70 bits per heavy atom. The van der Waals surface area contributed by atoms with Gasteiger partial charge in [0.1, 0.15) is 11.5 Å². The summed E-state index contributed by atoms with van der Waals surface area (Å²) in [5, 5.41) is 0. The van der Waals surface area contributed by atoms with Crippen molar-refractivity contribution >= 4 is 15.7 Å². The van der Waals surface area contributed by atoms with Crippen molar-refractivity contribution in [3.05, 3.63) is 54.0 Å².